The number of fused-ring (bicyclic) bond motifs is 1. The standard InChI is InChI=1S/C12H23N/c1-9-6-10-4-3-5-11(8-13-2)12(10)7-9/h9-13H,3-8H2,1-2H3/t9-,10?,11?,12?/m0/s1. The quantitative estimate of drug-likeness (QED) is 0.690. The minimum atomic E-state index is 0.994. The molecule has 1 heteroatoms. The van der Waals surface area contributed by atoms with Crippen molar-refractivity contribution < 1.29 is 0 Å². The molecule has 0 heterocycles. The first-order valence-corrected chi connectivity index (χ1v) is 5.96. The van der Waals surface area contributed by atoms with Crippen LogP contribution in [0.15, 0.2) is 0 Å². The van der Waals surface area contributed by atoms with E-state index in [9.17, 15) is 0 Å². The number of hydrogen-bond donors (Lipinski definition) is 1. The predicted octanol–water partition coefficient (Wildman–Crippen LogP) is 2.67. The summed E-state index contributed by atoms with van der Waals surface area (Å²) in [5, 5.41) is 3.36. The second-order valence-corrected chi connectivity index (χ2v) is 5.25. The Bertz CT molecular complexity index is 165. The smallest absolute Gasteiger partial charge is 0.00208 e. The highest BCUT2D eigenvalue weighted by molar-refractivity contribution is 4.89. The Morgan fingerprint density at radius 3 is 2.85 bits per heavy atom. The van der Waals surface area contributed by atoms with Gasteiger partial charge in [0.25, 0.3) is 0 Å². The summed E-state index contributed by atoms with van der Waals surface area (Å²) in [6.45, 7) is 3.70. The van der Waals surface area contributed by atoms with Gasteiger partial charge < -0.3 is 5.32 Å². The molecule has 0 aromatic rings. The van der Waals surface area contributed by atoms with Crippen molar-refractivity contribution in [1.29, 1.82) is 0 Å². The molecule has 0 saturated heterocycles. The molecule has 0 spiro atoms. The van der Waals surface area contributed by atoms with Gasteiger partial charge in [-0.2, -0.15) is 0 Å². The van der Waals surface area contributed by atoms with E-state index in [0.29, 0.717) is 0 Å². The van der Waals surface area contributed by atoms with E-state index in [2.05, 4.69) is 19.3 Å². The monoisotopic (exact) mass is 181 g/mol. The third-order valence-electron chi connectivity index (χ3n) is 4.21. The van der Waals surface area contributed by atoms with Crippen LogP contribution in [0.5, 0.6) is 0 Å². The van der Waals surface area contributed by atoms with Crippen LogP contribution < -0.4 is 5.32 Å². The molecule has 0 bridgehead atoms. The highest BCUT2D eigenvalue weighted by Gasteiger charge is 2.38. The number of rotatable bonds is 2. The first kappa shape index (κ1) is 9.51. The van der Waals surface area contributed by atoms with Crippen molar-refractivity contribution in [2.75, 3.05) is 13.6 Å². The Balaban J connectivity index is 1.97. The molecule has 0 aromatic carbocycles. The van der Waals surface area contributed by atoms with E-state index >= 15 is 0 Å². The zero-order chi connectivity index (χ0) is 9.26. The topological polar surface area (TPSA) is 12.0 Å². The maximum absolute atomic E-state index is 3.36. The Hall–Kier alpha value is -0.0400. The SMILES string of the molecule is CNCC1CCCC2C[C@H](C)CC12. The lowest BCUT2D eigenvalue weighted by atomic mass is 9.74. The van der Waals surface area contributed by atoms with Crippen molar-refractivity contribution >= 4 is 0 Å². The van der Waals surface area contributed by atoms with E-state index in [1.54, 1.807) is 0 Å². The molecule has 0 radical (unpaired) electrons. The van der Waals surface area contributed by atoms with Gasteiger partial charge in [0.2, 0.25) is 0 Å². The van der Waals surface area contributed by atoms with Gasteiger partial charge in [-0.3, -0.25) is 0 Å². The van der Waals surface area contributed by atoms with E-state index in [1.807, 2.05) is 0 Å². The van der Waals surface area contributed by atoms with Gasteiger partial charge in [0.05, 0.1) is 0 Å². The third-order valence-corrected chi connectivity index (χ3v) is 4.21. The van der Waals surface area contributed by atoms with E-state index in [4.69, 9.17) is 0 Å². The Kier molecular flexibility index (Phi) is 2.92. The molecular weight excluding hydrogens is 158 g/mol. The molecule has 4 atom stereocenters. The first-order chi connectivity index (χ1) is 6.31. The lowest BCUT2D eigenvalue weighted by molar-refractivity contribution is 0.180. The summed E-state index contributed by atoms with van der Waals surface area (Å²) in [5.74, 6) is 4.15. The Morgan fingerprint density at radius 2 is 2.08 bits per heavy atom. The normalized spacial score (nSPS) is 44.8. The average Bonchev–Trinajstić information content (AvgIpc) is 2.47. The van der Waals surface area contributed by atoms with E-state index in [1.165, 1.54) is 38.6 Å². The fourth-order valence-corrected chi connectivity index (χ4v) is 3.73. The average molecular weight is 181 g/mol. The van der Waals surface area contributed by atoms with Gasteiger partial charge in [-0.05, 0) is 56.5 Å². The van der Waals surface area contributed by atoms with Crippen molar-refractivity contribution in [3.8, 4) is 0 Å². The minimum absolute atomic E-state index is 0.994. The van der Waals surface area contributed by atoms with Crippen molar-refractivity contribution in [2.24, 2.45) is 23.7 Å². The van der Waals surface area contributed by atoms with Gasteiger partial charge in [0.1, 0.15) is 0 Å². The molecular formula is C12H23N. The molecule has 0 amide bonds. The zero-order valence-corrected chi connectivity index (χ0v) is 9.05. The number of nitrogens with one attached hydrogen (secondary N) is 1. The lowest BCUT2D eigenvalue weighted by Crippen LogP contribution is -2.31. The second-order valence-electron chi connectivity index (χ2n) is 5.25. The number of hydrogen-bond acceptors (Lipinski definition) is 1. The summed E-state index contributed by atoms with van der Waals surface area (Å²) in [7, 11) is 2.10. The summed E-state index contributed by atoms with van der Waals surface area (Å²) in [6, 6.07) is 0. The van der Waals surface area contributed by atoms with Crippen LogP contribution in [0.1, 0.15) is 39.0 Å². The lowest BCUT2D eigenvalue weighted by Gasteiger charge is -2.33. The van der Waals surface area contributed by atoms with Crippen LogP contribution in [0.25, 0.3) is 0 Å². The maximum Gasteiger partial charge on any atom is -0.00208 e. The van der Waals surface area contributed by atoms with E-state index in [0.717, 1.165) is 23.7 Å². The molecule has 2 aliphatic rings. The zero-order valence-electron chi connectivity index (χ0n) is 9.05. The van der Waals surface area contributed by atoms with Crippen molar-refractivity contribution in [2.45, 2.75) is 39.0 Å². The fraction of sp³-hybridized carbons (Fsp3) is 1.00. The van der Waals surface area contributed by atoms with Crippen LogP contribution in [0.4, 0.5) is 0 Å². The molecule has 0 aromatic heterocycles. The summed E-state index contributed by atoms with van der Waals surface area (Å²) >= 11 is 0. The Labute approximate surface area is 82.3 Å². The molecule has 76 valence electrons. The molecule has 1 nitrogen and oxygen atoms in total. The van der Waals surface area contributed by atoms with E-state index in [-0.39, 0.29) is 0 Å². The second kappa shape index (κ2) is 4.00. The third kappa shape index (κ3) is 1.90. The van der Waals surface area contributed by atoms with Crippen molar-refractivity contribution in [3.05, 3.63) is 0 Å². The van der Waals surface area contributed by atoms with Crippen LogP contribution in [-0.4, -0.2) is 13.6 Å². The predicted molar refractivity (Wildman–Crippen MR) is 56.6 cm³/mol. The summed E-state index contributed by atoms with van der Waals surface area (Å²) < 4.78 is 0. The summed E-state index contributed by atoms with van der Waals surface area (Å²) in [6.07, 6.45) is 7.52. The Morgan fingerprint density at radius 1 is 1.23 bits per heavy atom. The largest absolute Gasteiger partial charge is 0.319 e. The van der Waals surface area contributed by atoms with Gasteiger partial charge in [-0.25, -0.2) is 0 Å². The van der Waals surface area contributed by atoms with Crippen LogP contribution in [0.2, 0.25) is 0 Å². The molecule has 2 aliphatic carbocycles. The molecule has 13 heavy (non-hydrogen) atoms. The van der Waals surface area contributed by atoms with Gasteiger partial charge in [0, 0.05) is 0 Å². The van der Waals surface area contributed by atoms with E-state index < -0.39 is 0 Å². The van der Waals surface area contributed by atoms with Crippen LogP contribution in [0.3, 0.4) is 0 Å². The highest BCUT2D eigenvalue weighted by Crippen LogP contribution is 2.47. The van der Waals surface area contributed by atoms with Gasteiger partial charge in [-0.1, -0.05) is 19.8 Å². The maximum atomic E-state index is 3.36. The highest BCUT2D eigenvalue weighted by atomic mass is 14.8. The molecule has 2 saturated carbocycles. The molecule has 1 N–H and O–H groups in total. The summed E-state index contributed by atoms with van der Waals surface area (Å²) in [4.78, 5) is 0. The fourth-order valence-electron chi connectivity index (χ4n) is 3.73. The van der Waals surface area contributed by atoms with Crippen LogP contribution in [0, 0.1) is 23.7 Å². The van der Waals surface area contributed by atoms with Gasteiger partial charge in [0.15, 0.2) is 0 Å². The minimum Gasteiger partial charge on any atom is -0.319 e. The molecule has 3 unspecified atom stereocenters. The first-order valence-electron chi connectivity index (χ1n) is 5.96. The molecule has 0 aliphatic heterocycles. The van der Waals surface area contributed by atoms with Crippen molar-refractivity contribution in [3.63, 3.8) is 0 Å². The van der Waals surface area contributed by atoms with Crippen molar-refractivity contribution in [1.82, 2.24) is 5.32 Å². The van der Waals surface area contributed by atoms with Gasteiger partial charge >= 0.3 is 0 Å². The van der Waals surface area contributed by atoms with Gasteiger partial charge in [-0.15, -0.1) is 0 Å². The summed E-state index contributed by atoms with van der Waals surface area (Å²) in [5.41, 5.74) is 0. The van der Waals surface area contributed by atoms with Crippen LogP contribution >= 0.6 is 0 Å². The molecule has 2 rings (SSSR count). The van der Waals surface area contributed by atoms with Crippen LogP contribution in [-0.2, 0) is 0 Å². The molecule has 2 fully saturated rings.